The molecule has 0 unspecified atom stereocenters. The second-order valence-corrected chi connectivity index (χ2v) is 7.37. The minimum atomic E-state index is -3.62. The van der Waals surface area contributed by atoms with Gasteiger partial charge in [-0.2, -0.15) is 0 Å². The van der Waals surface area contributed by atoms with Gasteiger partial charge < -0.3 is 4.74 Å². The maximum atomic E-state index is 13.2. The lowest BCUT2D eigenvalue weighted by Crippen LogP contribution is -2.26. The van der Waals surface area contributed by atoms with Gasteiger partial charge in [-0.1, -0.05) is 12.1 Å². The molecule has 2 aromatic carbocycles. The van der Waals surface area contributed by atoms with Crippen molar-refractivity contribution in [3.05, 3.63) is 58.9 Å². The van der Waals surface area contributed by atoms with E-state index in [1.165, 1.54) is 23.8 Å². The highest BCUT2D eigenvalue weighted by Crippen LogP contribution is 2.26. The van der Waals surface area contributed by atoms with Crippen molar-refractivity contribution in [2.24, 2.45) is 0 Å². The van der Waals surface area contributed by atoms with Gasteiger partial charge in [-0.3, -0.25) is 0 Å². The second-order valence-electron chi connectivity index (χ2n) is 5.60. The quantitative estimate of drug-likeness (QED) is 0.914. The molecule has 0 atom stereocenters. The van der Waals surface area contributed by atoms with Crippen LogP contribution < -0.4 is 9.46 Å². The van der Waals surface area contributed by atoms with E-state index in [0.29, 0.717) is 25.1 Å². The monoisotopic (exact) mass is 335 g/mol. The molecule has 1 heterocycles. The van der Waals surface area contributed by atoms with Crippen LogP contribution >= 0.6 is 0 Å². The SMILES string of the molecule is Cc1cc(S(=O)(=O)NCCc2ccc3c(c2)CCO3)ccc1F. The number of hydrogen-bond donors (Lipinski definition) is 1. The predicted octanol–water partition coefficient (Wildman–Crippen LogP) is 2.59. The third-order valence-electron chi connectivity index (χ3n) is 3.90. The van der Waals surface area contributed by atoms with Crippen LogP contribution in [0.4, 0.5) is 4.39 Å². The molecule has 0 bridgehead atoms. The smallest absolute Gasteiger partial charge is 0.240 e. The lowest BCUT2D eigenvalue weighted by molar-refractivity contribution is 0.357. The predicted molar refractivity (Wildman–Crippen MR) is 85.7 cm³/mol. The van der Waals surface area contributed by atoms with Crippen LogP contribution in [0.15, 0.2) is 41.3 Å². The standard InChI is InChI=1S/C17H18FNO3S/c1-12-10-15(3-4-16(12)18)23(20,21)19-8-6-13-2-5-17-14(11-13)7-9-22-17/h2-5,10-11,19H,6-9H2,1H3. The van der Waals surface area contributed by atoms with Gasteiger partial charge in [-0.15, -0.1) is 0 Å². The van der Waals surface area contributed by atoms with Crippen molar-refractivity contribution in [3.8, 4) is 5.75 Å². The zero-order valence-electron chi connectivity index (χ0n) is 12.8. The molecule has 0 saturated heterocycles. The zero-order chi connectivity index (χ0) is 16.4. The number of halogens is 1. The molecule has 6 heteroatoms. The maximum absolute atomic E-state index is 13.2. The third kappa shape index (κ3) is 3.54. The molecule has 0 aliphatic carbocycles. The van der Waals surface area contributed by atoms with E-state index in [9.17, 15) is 12.8 Å². The van der Waals surface area contributed by atoms with E-state index < -0.39 is 15.8 Å². The van der Waals surface area contributed by atoms with Gasteiger partial charge >= 0.3 is 0 Å². The molecule has 122 valence electrons. The maximum Gasteiger partial charge on any atom is 0.240 e. The fourth-order valence-electron chi connectivity index (χ4n) is 2.59. The first-order valence-electron chi connectivity index (χ1n) is 7.46. The van der Waals surface area contributed by atoms with Gasteiger partial charge in [0, 0.05) is 13.0 Å². The van der Waals surface area contributed by atoms with Crippen molar-refractivity contribution in [1.29, 1.82) is 0 Å². The van der Waals surface area contributed by atoms with Crippen molar-refractivity contribution < 1.29 is 17.5 Å². The first-order valence-corrected chi connectivity index (χ1v) is 8.94. The third-order valence-corrected chi connectivity index (χ3v) is 5.36. The fraction of sp³-hybridized carbons (Fsp3) is 0.294. The molecule has 3 rings (SSSR count). The molecule has 0 amide bonds. The molecular weight excluding hydrogens is 317 g/mol. The number of ether oxygens (including phenoxy) is 1. The average Bonchev–Trinajstić information content (AvgIpc) is 2.97. The Kier molecular flexibility index (Phi) is 4.37. The highest BCUT2D eigenvalue weighted by atomic mass is 32.2. The molecule has 0 saturated carbocycles. The molecule has 2 aromatic rings. The lowest BCUT2D eigenvalue weighted by Gasteiger charge is -2.08. The fourth-order valence-corrected chi connectivity index (χ4v) is 3.71. The summed E-state index contributed by atoms with van der Waals surface area (Å²) < 4.78 is 45.7. The van der Waals surface area contributed by atoms with E-state index in [1.807, 2.05) is 12.1 Å². The normalized spacial score (nSPS) is 13.7. The van der Waals surface area contributed by atoms with Gasteiger partial charge in [0.05, 0.1) is 11.5 Å². The van der Waals surface area contributed by atoms with Crippen molar-refractivity contribution in [2.45, 2.75) is 24.7 Å². The minimum absolute atomic E-state index is 0.0822. The molecule has 23 heavy (non-hydrogen) atoms. The summed E-state index contributed by atoms with van der Waals surface area (Å²) in [6.45, 7) is 2.54. The first kappa shape index (κ1) is 16.0. The van der Waals surface area contributed by atoms with Crippen LogP contribution in [0.3, 0.4) is 0 Å². The van der Waals surface area contributed by atoms with Crippen LogP contribution in [0, 0.1) is 12.7 Å². The van der Waals surface area contributed by atoms with Crippen LogP contribution in [0.25, 0.3) is 0 Å². The molecule has 4 nitrogen and oxygen atoms in total. The Bertz CT molecular complexity index is 834. The van der Waals surface area contributed by atoms with Crippen molar-refractivity contribution in [1.82, 2.24) is 4.72 Å². The van der Waals surface area contributed by atoms with Crippen LogP contribution in [-0.2, 0) is 22.9 Å². The first-order chi connectivity index (χ1) is 11.0. The molecule has 0 aromatic heterocycles. The summed E-state index contributed by atoms with van der Waals surface area (Å²) in [5.74, 6) is 0.500. The van der Waals surface area contributed by atoms with E-state index in [-0.39, 0.29) is 4.90 Å². The highest BCUT2D eigenvalue weighted by Gasteiger charge is 2.15. The lowest BCUT2D eigenvalue weighted by atomic mass is 10.1. The summed E-state index contributed by atoms with van der Waals surface area (Å²) in [5.41, 5.74) is 2.54. The highest BCUT2D eigenvalue weighted by molar-refractivity contribution is 7.89. The van der Waals surface area contributed by atoms with Crippen molar-refractivity contribution >= 4 is 10.0 Å². The van der Waals surface area contributed by atoms with Crippen LogP contribution in [0.2, 0.25) is 0 Å². The molecule has 0 spiro atoms. The van der Waals surface area contributed by atoms with Gasteiger partial charge in [-0.25, -0.2) is 17.5 Å². The largest absolute Gasteiger partial charge is 0.493 e. The van der Waals surface area contributed by atoms with Crippen LogP contribution in [-0.4, -0.2) is 21.6 Å². The number of fused-ring (bicyclic) bond motifs is 1. The van der Waals surface area contributed by atoms with Gasteiger partial charge in [0.1, 0.15) is 11.6 Å². The van der Waals surface area contributed by atoms with Gasteiger partial charge in [0.25, 0.3) is 0 Å². The Hall–Kier alpha value is -1.92. The van der Waals surface area contributed by atoms with E-state index in [4.69, 9.17) is 4.74 Å². The van der Waals surface area contributed by atoms with Gasteiger partial charge in [-0.05, 0) is 54.3 Å². The Labute approximate surface area is 135 Å². The average molecular weight is 335 g/mol. The topological polar surface area (TPSA) is 55.4 Å². The zero-order valence-corrected chi connectivity index (χ0v) is 13.6. The summed E-state index contributed by atoms with van der Waals surface area (Å²) in [6, 6.07) is 9.71. The van der Waals surface area contributed by atoms with Crippen LogP contribution in [0.5, 0.6) is 5.75 Å². The molecule has 0 radical (unpaired) electrons. The van der Waals surface area contributed by atoms with Gasteiger partial charge in [0.15, 0.2) is 0 Å². The van der Waals surface area contributed by atoms with Gasteiger partial charge in [0.2, 0.25) is 10.0 Å². The molecule has 0 fully saturated rings. The summed E-state index contributed by atoms with van der Waals surface area (Å²) in [7, 11) is -3.62. The Morgan fingerprint density at radius 1 is 1.22 bits per heavy atom. The van der Waals surface area contributed by atoms with Crippen LogP contribution in [0.1, 0.15) is 16.7 Å². The molecule has 1 aliphatic heterocycles. The Morgan fingerprint density at radius 2 is 2.04 bits per heavy atom. The minimum Gasteiger partial charge on any atom is -0.493 e. The number of hydrogen-bond acceptors (Lipinski definition) is 3. The summed E-state index contributed by atoms with van der Waals surface area (Å²) >= 11 is 0. The number of nitrogens with one attached hydrogen (secondary N) is 1. The van der Waals surface area contributed by atoms with E-state index in [0.717, 1.165) is 17.7 Å². The van der Waals surface area contributed by atoms with E-state index in [1.54, 1.807) is 6.92 Å². The molecule has 1 N–H and O–H groups in total. The summed E-state index contributed by atoms with van der Waals surface area (Å²) in [6.07, 6.45) is 1.48. The van der Waals surface area contributed by atoms with E-state index in [2.05, 4.69) is 10.8 Å². The summed E-state index contributed by atoms with van der Waals surface area (Å²) in [5, 5.41) is 0. The number of rotatable bonds is 5. The summed E-state index contributed by atoms with van der Waals surface area (Å²) in [4.78, 5) is 0.0822. The Morgan fingerprint density at radius 3 is 2.83 bits per heavy atom. The second kappa shape index (κ2) is 6.29. The molecule has 1 aliphatic rings. The number of aryl methyl sites for hydroxylation is 1. The Balaban J connectivity index is 1.64. The van der Waals surface area contributed by atoms with Crippen molar-refractivity contribution in [2.75, 3.05) is 13.2 Å². The van der Waals surface area contributed by atoms with E-state index >= 15 is 0 Å². The molecular formula is C17H18FNO3S. The number of sulfonamides is 1. The van der Waals surface area contributed by atoms with Crippen molar-refractivity contribution in [3.63, 3.8) is 0 Å². The number of benzene rings is 2.